The zero-order valence-electron chi connectivity index (χ0n) is 15.5. The topological polar surface area (TPSA) is 73.0 Å². The lowest BCUT2D eigenvalue weighted by molar-refractivity contribution is -0.116. The van der Waals surface area contributed by atoms with Gasteiger partial charge in [-0.1, -0.05) is 11.2 Å². The predicted molar refractivity (Wildman–Crippen MR) is 98.9 cm³/mol. The van der Waals surface area contributed by atoms with Crippen molar-refractivity contribution in [3.8, 4) is 11.6 Å². The number of aryl methyl sites for hydroxylation is 3. The molecule has 140 valence electrons. The first-order valence-electron chi connectivity index (χ1n) is 8.99. The number of hydrogen-bond acceptors (Lipinski definition) is 4. The highest BCUT2D eigenvalue weighted by Gasteiger charge is 2.30. The van der Waals surface area contributed by atoms with Gasteiger partial charge in [0.05, 0.1) is 5.69 Å². The van der Waals surface area contributed by atoms with Crippen molar-refractivity contribution in [2.45, 2.75) is 46.1 Å². The maximum Gasteiger partial charge on any atom is 0.274 e. The number of rotatable bonds is 5. The van der Waals surface area contributed by atoms with Crippen LogP contribution in [0, 0.1) is 26.6 Å². The molecule has 1 fully saturated rings. The van der Waals surface area contributed by atoms with Crippen LogP contribution >= 0.6 is 0 Å². The largest absolute Gasteiger partial charge is 0.332 e. The van der Waals surface area contributed by atoms with Crippen LogP contribution in [0.3, 0.4) is 0 Å². The highest BCUT2D eigenvalue weighted by molar-refractivity contribution is 5.91. The predicted octanol–water partition coefficient (Wildman–Crippen LogP) is 4.12. The number of carbonyl (C=O) groups is 1. The van der Waals surface area contributed by atoms with Gasteiger partial charge in [0.2, 0.25) is 5.91 Å². The molecule has 4 rings (SSSR count). The van der Waals surface area contributed by atoms with Crippen LogP contribution in [0.2, 0.25) is 0 Å². The first kappa shape index (κ1) is 17.5. The summed E-state index contributed by atoms with van der Waals surface area (Å²) in [7, 11) is 0. The van der Waals surface area contributed by atoms with Gasteiger partial charge >= 0.3 is 0 Å². The molecule has 1 aromatic carbocycles. The normalized spacial score (nSPS) is 13.8. The molecule has 27 heavy (non-hydrogen) atoms. The molecule has 0 atom stereocenters. The first-order valence-corrected chi connectivity index (χ1v) is 8.99. The second-order valence-electron chi connectivity index (χ2n) is 7.17. The molecule has 2 heterocycles. The van der Waals surface area contributed by atoms with Crippen molar-refractivity contribution in [2.75, 3.05) is 5.32 Å². The molecule has 6 nitrogen and oxygen atoms in total. The van der Waals surface area contributed by atoms with E-state index in [1.807, 2.05) is 24.5 Å². The van der Waals surface area contributed by atoms with E-state index in [9.17, 15) is 9.18 Å². The lowest BCUT2D eigenvalue weighted by atomic mass is 10.2. The van der Waals surface area contributed by atoms with Crippen molar-refractivity contribution in [1.29, 1.82) is 0 Å². The van der Waals surface area contributed by atoms with Crippen LogP contribution in [0.1, 0.15) is 41.4 Å². The summed E-state index contributed by atoms with van der Waals surface area (Å²) in [4.78, 5) is 17.0. The second-order valence-corrected chi connectivity index (χ2v) is 7.17. The SMILES string of the molecule is Cc1ccc(NC(=O)Cn2c(C)cc(C)c2-c2nc(C3CC3)no2)c(F)c1. The average Bonchev–Trinajstić information content (AvgIpc) is 3.28. The molecule has 0 spiro atoms. The Labute approximate surface area is 156 Å². The Morgan fingerprint density at radius 2 is 2.07 bits per heavy atom. The Morgan fingerprint density at radius 3 is 2.78 bits per heavy atom. The number of halogens is 1. The van der Waals surface area contributed by atoms with Crippen LogP contribution in [0.15, 0.2) is 28.8 Å². The molecule has 7 heteroatoms. The van der Waals surface area contributed by atoms with Gasteiger partial charge in [0.25, 0.3) is 5.89 Å². The van der Waals surface area contributed by atoms with Crippen molar-refractivity contribution in [3.63, 3.8) is 0 Å². The first-order chi connectivity index (χ1) is 12.9. The van der Waals surface area contributed by atoms with E-state index in [4.69, 9.17) is 4.52 Å². The van der Waals surface area contributed by atoms with E-state index in [1.165, 1.54) is 6.07 Å². The quantitative estimate of drug-likeness (QED) is 0.735. The van der Waals surface area contributed by atoms with Crippen LogP contribution in [-0.2, 0) is 11.3 Å². The van der Waals surface area contributed by atoms with E-state index in [-0.39, 0.29) is 18.1 Å². The molecule has 1 saturated carbocycles. The minimum absolute atomic E-state index is 0.0312. The third kappa shape index (κ3) is 3.49. The van der Waals surface area contributed by atoms with Gasteiger partial charge in [-0.05, 0) is 62.9 Å². The number of benzene rings is 1. The Hall–Kier alpha value is -2.96. The Kier molecular flexibility index (Phi) is 4.30. The van der Waals surface area contributed by atoms with E-state index in [0.717, 1.165) is 41.2 Å². The number of hydrogen-bond donors (Lipinski definition) is 1. The number of aromatic nitrogens is 3. The van der Waals surface area contributed by atoms with Crippen molar-refractivity contribution < 1.29 is 13.7 Å². The van der Waals surface area contributed by atoms with Gasteiger partial charge in [0, 0.05) is 11.6 Å². The number of nitrogens with one attached hydrogen (secondary N) is 1. The number of nitrogens with zero attached hydrogens (tertiary/aromatic N) is 3. The van der Waals surface area contributed by atoms with Crippen LogP contribution in [-0.4, -0.2) is 20.6 Å². The summed E-state index contributed by atoms with van der Waals surface area (Å²) in [5, 5.41) is 6.70. The molecule has 1 N–H and O–H groups in total. The van der Waals surface area contributed by atoms with E-state index < -0.39 is 5.82 Å². The van der Waals surface area contributed by atoms with Crippen LogP contribution in [0.5, 0.6) is 0 Å². The maximum absolute atomic E-state index is 14.0. The summed E-state index contributed by atoms with van der Waals surface area (Å²) < 4.78 is 21.3. The van der Waals surface area contributed by atoms with Crippen LogP contribution in [0.25, 0.3) is 11.6 Å². The summed E-state index contributed by atoms with van der Waals surface area (Å²) in [5.74, 6) is 0.757. The molecular weight excluding hydrogens is 347 g/mol. The van der Waals surface area contributed by atoms with Gasteiger partial charge in [-0.2, -0.15) is 4.98 Å². The third-order valence-corrected chi connectivity index (χ3v) is 4.78. The minimum Gasteiger partial charge on any atom is -0.332 e. The van der Waals surface area contributed by atoms with Gasteiger partial charge in [0.15, 0.2) is 5.82 Å². The molecule has 1 amide bonds. The lowest BCUT2D eigenvalue weighted by Crippen LogP contribution is -2.20. The van der Waals surface area contributed by atoms with Crippen molar-refractivity contribution in [2.24, 2.45) is 0 Å². The Balaban J connectivity index is 1.58. The molecular formula is C20H21FN4O2. The van der Waals surface area contributed by atoms with Gasteiger partial charge in [0.1, 0.15) is 18.1 Å². The van der Waals surface area contributed by atoms with Gasteiger partial charge in [-0.25, -0.2) is 4.39 Å². The van der Waals surface area contributed by atoms with E-state index in [2.05, 4.69) is 15.5 Å². The lowest BCUT2D eigenvalue weighted by Gasteiger charge is -2.11. The highest BCUT2D eigenvalue weighted by Crippen LogP contribution is 2.39. The fraction of sp³-hybridized carbons (Fsp3) is 0.350. The zero-order valence-corrected chi connectivity index (χ0v) is 15.5. The number of carbonyl (C=O) groups excluding carboxylic acids is 1. The molecule has 0 radical (unpaired) electrons. The monoisotopic (exact) mass is 368 g/mol. The molecule has 3 aromatic rings. The molecule has 2 aromatic heterocycles. The second kappa shape index (κ2) is 6.64. The summed E-state index contributed by atoms with van der Waals surface area (Å²) in [6, 6.07) is 6.68. The van der Waals surface area contributed by atoms with Crippen molar-refractivity contribution >= 4 is 11.6 Å². The summed E-state index contributed by atoms with van der Waals surface area (Å²) in [6.45, 7) is 5.68. The van der Waals surface area contributed by atoms with Crippen LogP contribution < -0.4 is 5.32 Å². The van der Waals surface area contributed by atoms with E-state index >= 15 is 0 Å². The fourth-order valence-corrected chi connectivity index (χ4v) is 3.23. The molecule has 0 aliphatic heterocycles. The average molecular weight is 368 g/mol. The molecule has 1 aliphatic rings. The Bertz CT molecular complexity index is 1020. The highest BCUT2D eigenvalue weighted by atomic mass is 19.1. The standard InChI is InChI=1S/C20H21FN4O2/c1-11-4-7-16(15(21)8-11)22-17(26)10-25-13(3)9-12(2)18(25)20-23-19(24-27-20)14-5-6-14/h4,7-9,14H,5-6,10H2,1-3H3,(H,22,26). The smallest absolute Gasteiger partial charge is 0.274 e. The molecule has 0 saturated heterocycles. The molecule has 0 unspecified atom stereocenters. The summed E-state index contributed by atoms with van der Waals surface area (Å²) in [6.07, 6.45) is 2.17. The zero-order chi connectivity index (χ0) is 19.1. The van der Waals surface area contributed by atoms with Gasteiger partial charge in [-0.3, -0.25) is 4.79 Å². The minimum atomic E-state index is -0.449. The van der Waals surface area contributed by atoms with Crippen LogP contribution in [0.4, 0.5) is 10.1 Å². The third-order valence-electron chi connectivity index (χ3n) is 4.78. The summed E-state index contributed by atoms with van der Waals surface area (Å²) in [5.41, 5.74) is 3.54. The van der Waals surface area contributed by atoms with Gasteiger partial charge < -0.3 is 14.4 Å². The molecule has 0 bridgehead atoms. The number of amides is 1. The number of anilines is 1. The maximum atomic E-state index is 14.0. The van der Waals surface area contributed by atoms with E-state index in [1.54, 1.807) is 19.1 Å². The van der Waals surface area contributed by atoms with E-state index in [0.29, 0.717) is 11.8 Å². The van der Waals surface area contributed by atoms with Gasteiger partial charge in [-0.15, -0.1) is 0 Å². The summed E-state index contributed by atoms with van der Waals surface area (Å²) >= 11 is 0. The molecule has 1 aliphatic carbocycles. The Morgan fingerprint density at radius 1 is 1.30 bits per heavy atom. The van der Waals surface area contributed by atoms with Crippen molar-refractivity contribution in [1.82, 2.24) is 14.7 Å². The van der Waals surface area contributed by atoms with Crippen molar-refractivity contribution in [3.05, 3.63) is 52.7 Å². The fourth-order valence-electron chi connectivity index (χ4n) is 3.23.